The highest BCUT2D eigenvalue weighted by atomic mass is 16.5. The van der Waals surface area contributed by atoms with Crippen molar-refractivity contribution in [3.8, 4) is 0 Å². The number of hydrogen-bond acceptors (Lipinski definition) is 3. The van der Waals surface area contributed by atoms with Crippen molar-refractivity contribution in [2.24, 2.45) is 5.41 Å². The summed E-state index contributed by atoms with van der Waals surface area (Å²) < 4.78 is 5.21. The van der Waals surface area contributed by atoms with Gasteiger partial charge in [0.1, 0.15) is 0 Å². The minimum atomic E-state index is -0.141. The number of hydrogen-bond donors (Lipinski definition) is 2. The first-order valence-corrected chi connectivity index (χ1v) is 6.32. The van der Waals surface area contributed by atoms with E-state index in [0.717, 1.165) is 32.4 Å². The average Bonchev–Trinajstić information content (AvgIpc) is 2.35. The Kier molecular flexibility index (Phi) is 5.77. The first kappa shape index (κ1) is 13.5. The Hall–Kier alpha value is -0.610. The molecular weight excluding hydrogens is 204 g/mol. The predicted octanol–water partition coefficient (Wildman–Crippen LogP) is 0.919. The maximum atomic E-state index is 12.1. The standard InChI is InChI=1S/C12H24N2O2/c1-3-12(5-7-13-8-6-12)11(15)14-9-10-16-4-2/h13H,3-10H2,1-2H3,(H,14,15). The Morgan fingerprint density at radius 2 is 2.06 bits per heavy atom. The minimum absolute atomic E-state index is 0.141. The Labute approximate surface area is 98.1 Å². The molecule has 0 atom stereocenters. The molecule has 0 unspecified atom stereocenters. The van der Waals surface area contributed by atoms with Crippen LogP contribution in [0.2, 0.25) is 0 Å². The largest absolute Gasteiger partial charge is 0.380 e. The number of amides is 1. The van der Waals surface area contributed by atoms with E-state index < -0.39 is 0 Å². The summed E-state index contributed by atoms with van der Waals surface area (Å²) in [5, 5.41) is 6.29. The molecule has 1 aliphatic heterocycles. The van der Waals surface area contributed by atoms with Crippen molar-refractivity contribution in [2.45, 2.75) is 33.1 Å². The third kappa shape index (κ3) is 3.46. The maximum Gasteiger partial charge on any atom is 0.226 e. The molecule has 0 saturated carbocycles. The predicted molar refractivity (Wildman–Crippen MR) is 64.3 cm³/mol. The summed E-state index contributed by atoms with van der Waals surface area (Å²) in [7, 11) is 0. The van der Waals surface area contributed by atoms with E-state index in [2.05, 4.69) is 17.6 Å². The van der Waals surface area contributed by atoms with Crippen LogP contribution < -0.4 is 10.6 Å². The normalized spacial score (nSPS) is 19.4. The van der Waals surface area contributed by atoms with Gasteiger partial charge in [-0.25, -0.2) is 0 Å². The van der Waals surface area contributed by atoms with Gasteiger partial charge in [-0.1, -0.05) is 6.92 Å². The topological polar surface area (TPSA) is 50.4 Å². The quantitative estimate of drug-likeness (QED) is 0.665. The molecular formula is C12H24N2O2. The van der Waals surface area contributed by atoms with Crippen LogP contribution in [-0.2, 0) is 9.53 Å². The van der Waals surface area contributed by atoms with Crippen LogP contribution in [0.1, 0.15) is 33.1 Å². The first-order valence-electron chi connectivity index (χ1n) is 6.32. The molecule has 0 aromatic rings. The van der Waals surface area contributed by atoms with Gasteiger partial charge >= 0.3 is 0 Å². The third-order valence-electron chi connectivity index (χ3n) is 3.46. The van der Waals surface area contributed by atoms with Gasteiger partial charge in [0.15, 0.2) is 0 Å². The van der Waals surface area contributed by atoms with Crippen molar-refractivity contribution >= 4 is 5.91 Å². The molecule has 0 spiro atoms. The van der Waals surface area contributed by atoms with Gasteiger partial charge < -0.3 is 15.4 Å². The molecule has 0 radical (unpaired) electrons. The van der Waals surface area contributed by atoms with E-state index in [9.17, 15) is 4.79 Å². The lowest BCUT2D eigenvalue weighted by atomic mass is 9.76. The Bertz CT molecular complexity index is 213. The monoisotopic (exact) mass is 228 g/mol. The molecule has 2 N–H and O–H groups in total. The molecule has 94 valence electrons. The highest BCUT2D eigenvalue weighted by molar-refractivity contribution is 5.82. The lowest BCUT2D eigenvalue weighted by molar-refractivity contribution is -0.133. The molecule has 0 aromatic heterocycles. The second kappa shape index (κ2) is 6.86. The highest BCUT2D eigenvalue weighted by Crippen LogP contribution is 2.32. The number of rotatable bonds is 6. The molecule has 1 amide bonds. The van der Waals surface area contributed by atoms with Crippen molar-refractivity contribution in [3.63, 3.8) is 0 Å². The lowest BCUT2D eigenvalue weighted by Crippen LogP contribution is -2.47. The maximum absolute atomic E-state index is 12.1. The van der Waals surface area contributed by atoms with Crippen LogP contribution in [0.3, 0.4) is 0 Å². The zero-order chi connectivity index (χ0) is 11.9. The Balaban J connectivity index is 2.36. The van der Waals surface area contributed by atoms with E-state index >= 15 is 0 Å². The van der Waals surface area contributed by atoms with Crippen molar-refractivity contribution in [2.75, 3.05) is 32.8 Å². The minimum Gasteiger partial charge on any atom is -0.380 e. The summed E-state index contributed by atoms with van der Waals surface area (Å²) in [4.78, 5) is 12.1. The van der Waals surface area contributed by atoms with E-state index in [1.54, 1.807) is 0 Å². The molecule has 0 aromatic carbocycles. The lowest BCUT2D eigenvalue weighted by Gasteiger charge is -2.35. The fraction of sp³-hybridized carbons (Fsp3) is 0.917. The van der Waals surface area contributed by atoms with Crippen LogP contribution in [0, 0.1) is 5.41 Å². The number of carbonyl (C=O) groups excluding carboxylic acids is 1. The van der Waals surface area contributed by atoms with E-state index in [1.165, 1.54) is 0 Å². The molecule has 1 rings (SSSR count). The van der Waals surface area contributed by atoms with Crippen LogP contribution in [0.5, 0.6) is 0 Å². The second-order valence-corrected chi connectivity index (χ2v) is 4.34. The molecule has 1 fully saturated rings. The van der Waals surface area contributed by atoms with Gasteiger partial charge in [-0.2, -0.15) is 0 Å². The van der Waals surface area contributed by atoms with Gasteiger partial charge in [-0.05, 0) is 39.3 Å². The smallest absolute Gasteiger partial charge is 0.226 e. The van der Waals surface area contributed by atoms with Crippen LogP contribution in [-0.4, -0.2) is 38.8 Å². The molecule has 1 aliphatic rings. The molecule has 4 heteroatoms. The van der Waals surface area contributed by atoms with Crippen LogP contribution >= 0.6 is 0 Å². The molecule has 4 nitrogen and oxygen atoms in total. The van der Waals surface area contributed by atoms with E-state index in [4.69, 9.17) is 4.74 Å². The third-order valence-corrected chi connectivity index (χ3v) is 3.46. The second-order valence-electron chi connectivity index (χ2n) is 4.34. The average molecular weight is 228 g/mol. The number of carbonyl (C=O) groups is 1. The summed E-state index contributed by atoms with van der Waals surface area (Å²) in [6.07, 6.45) is 2.82. The fourth-order valence-electron chi connectivity index (χ4n) is 2.22. The fourth-order valence-corrected chi connectivity index (χ4v) is 2.22. The molecule has 1 heterocycles. The van der Waals surface area contributed by atoms with E-state index in [1.807, 2.05) is 6.92 Å². The molecule has 1 saturated heterocycles. The van der Waals surface area contributed by atoms with Gasteiger partial charge in [-0.15, -0.1) is 0 Å². The summed E-state index contributed by atoms with van der Waals surface area (Å²) >= 11 is 0. The van der Waals surface area contributed by atoms with Gasteiger partial charge in [0.05, 0.1) is 12.0 Å². The Morgan fingerprint density at radius 3 is 2.62 bits per heavy atom. The molecule has 0 aliphatic carbocycles. The zero-order valence-electron chi connectivity index (χ0n) is 10.5. The number of piperidine rings is 1. The van der Waals surface area contributed by atoms with Crippen LogP contribution in [0.15, 0.2) is 0 Å². The summed E-state index contributed by atoms with van der Waals surface area (Å²) in [6, 6.07) is 0. The SMILES string of the molecule is CCOCCNC(=O)C1(CC)CCNCC1. The van der Waals surface area contributed by atoms with E-state index in [0.29, 0.717) is 19.8 Å². The first-order chi connectivity index (χ1) is 7.75. The number of nitrogens with one attached hydrogen (secondary N) is 2. The summed E-state index contributed by atoms with van der Waals surface area (Å²) in [5.74, 6) is 0.205. The van der Waals surface area contributed by atoms with Gasteiger partial charge in [-0.3, -0.25) is 4.79 Å². The summed E-state index contributed by atoms with van der Waals surface area (Å²) in [6.45, 7) is 7.91. The van der Waals surface area contributed by atoms with Crippen molar-refractivity contribution in [1.29, 1.82) is 0 Å². The summed E-state index contributed by atoms with van der Waals surface area (Å²) in [5.41, 5.74) is -0.141. The zero-order valence-corrected chi connectivity index (χ0v) is 10.5. The van der Waals surface area contributed by atoms with Gasteiger partial charge in [0.25, 0.3) is 0 Å². The van der Waals surface area contributed by atoms with Crippen LogP contribution in [0.25, 0.3) is 0 Å². The highest BCUT2D eigenvalue weighted by Gasteiger charge is 2.37. The molecule has 0 bridgehead atoms. The van der Waals surface area contributed by atoms with Crippen molar-refractivity contribution in [1.82, 2.24) is 10.6 Å². The van der Waals surface area contributed by atoms with Gasteiger partial charge in [0.2, 0.25) is 5.91 Å². The number of ether oxygens (including phenoxy) is 1. The van der Waals surface area contributed by atoms with Crippen LogP contribution in [0.4, 0.5) is 0 Å². The molecule has 16 heavy (non-hydrogen) atoms. The van der Waals surface area contributed by atoms with Crippen molar-refractivity contribution < 1.29 is 9.53 Å². The van der Waals surface area contributed by atoms with Gasteiger partial charge in [0, 0.05) is 13.2 Å². The van der Waals surface area contributed by atoms with Crippen molar-refractivity contribution in [3.05, 3.63) is 0 Å². The Morgan fingerprint density at radius 1 is 1.38 bits per heavy atom. The van der Waals surface area contributed by atoms with E-state index in [-0.39, 0.29) is 11.3 Å².